The zero-order valence-electron chi connectivity index (χ0n) is 18.4. The van der Waals surface area contributed by atoms with E-state index >= 15 is 0 Å². The van der Waals surface area contributed by atoms with E-state index in [-0.39, 0.29) is 6.42 Å². The van der Waals surface area contributed by atoms with Gasteiger partial charge >= 0.3 is 17.9 Å². The number of rotatable bonds is 17. The molecule has 0 heterocycles. The molecular weight excluding hydrogens is 476 g/mol. The molecule has 0 aliphatic carbocycles. The number of carbonyl (C=O) groups is 8. The zero-order valence-corrected chi connectivity index (χ0v) is 18.4. The first-order valence-corrected chi connectivity index (χ1v) is 10.0. The Labute approximate surface area is 197 Å². The van der Waals surface area contributed by atoms with Crippen molar-refractivity contribution in [3.05, 3.63) is 0 Å². The topological polar surface area (TPSA) is 311 Å². The van der Waals surface area contributed by atoms with Crippen LogP contribution in [-0.2, 0) is 38.4 Å². The molecule has 5 amide bonds. The van der Waals surface area contributed by atoms with Crippen LogP contribution in [0, 0.1) is 0 Å². The second kappa shape index (κ2) is 14.8. The fourth-order valence-corrected chi connectivity index (χ4v) is 2.60. The summed E-state index contributed by atoms with van der Waals surface area (Å²) in [5, 5.41) is 32.9. The van der Waals surface area contributed by atoms with Crippen molar-refractivity contribution >= 4 is 47.4 Å². The number of amides is 5. The van der Waals surface area contributed by atoms with Gasteiger partial charge in [0.2, 0.25) is 29.5 Å². The van der Waals surface area contributed by atoms with Crippen LogP contribution in [0.3, 0.4) is 0 Å². The molecule has 4 atom stereocenters. The molecule has 0 fully saturated rings. The Balaban J connectivity index is 5.67. The number of carboxylic acids is 3. The maximum absolute atomic E-state index is 12.7. The van der Waals surface area contributed by atoms with Crippen molar-refractivity contribution in [1.82, 2.24) is 16.0 Å². The van der Waals surface area contributed by atoms with Crippen molar-refractivity contribution in [2.75, 3.05) is 0 Å². The van der Waals surface area contributed by atoms with E-state index in [4.69, 9.17) is 32.5 Å². The highest BCUT2D eigenvalue weighted by atomic mass is 16.4. The van der Waals surface area contributed by atoms with Crippen LogP contribution >= 0.6 is 0 Å². The molecule has 0 spiro atoms. The number of carboxylic acid groups (broad SMARTS) is 3. The number of hydrogen-bond donors (Lipinski definition) is 9. The third kappa shape index (κ3) is 13.1. The summed E-state index contributed by atoms with van der Waals surface area (Å²) in [5.74, 6) is -9.69. The average molecular weight is 504 g/mol. The Morgan fingerprint density at radius 1 is 0.600 bits per heavy atom. The minimum atomic E-state index is -1.89. The highest BCUT2D eigenvalue weighted by molar-refractivity contribution is 5.95. The summed E-state index contributed by atoms with van der Waals surface area (Å²) in [6.45, 7) is 0. The van der Waals surface area contributed by atoms with Gasteiger partial charge in [0.15, 0.2) is 0 Å². The fraction of sp³-hybridized carbons (Fsp3) is 0.556. The maximum atomic E-state index is 12.7. The molecule has 0 aliphatic rings. The molecule has 196 valence electrons. The van der Waals surface area contributed by atoms with Crippen molar-refractivity contribution in [3.8, 4) is 0 Å². The molecule has 0 aromatic carbocycles. The molecule has 0 saturated heterocycles. The Kier molecular flexibility index (Phi) is 13.0. The van der Waals surface area contributed by atoms with Crippen LogP contribution in [0.25, 0.3) is 0 Å². The lowest BCUT2D eigenvalue weighted by Crippen LogP contribution is -2.57. The van der Waals surface area contributed by atoms with Gasteiger partial charge in [0.25, 0.3) is 0 Å². The van der Waals surface area contributed by atoms with Gasteiger partial charge in [-0.1, -0.05) is 0 Å². The van der Waals surface area contributed by atoms with E-state index in [0.717, 1.165) is 0 Å². The Hall–Kier alpha value is -4.28. The van der Waals surface area contributed by atoms with Crippen LogP contribution in [0.2, 0.25) is 0 Å². The van der Waals surface area contributed by atoms with Crippen molar-refractivity contribution in [2.45, 2.75) is 62.7 Å². The van der Waals surface area contributed by atoms with Gasteiger partial charge in [0, 0.05) is 12.8 Å². The third-order valence-electron chi connectivity index (χ3n) is 4.34. The fourth-order valence-electron chi connectivity index (χ4n) is 2.60. The van der Waals surface area contributed by atoms with Crippen LogP contribution < -0.4 is 33.2 Å². The summed E-state index contributed by atoms with van der Waals surface area (Å²) < 4.78 is 0. The molecular formula is C18H28N6O11. The smallest absolute Gasteiger partial charge is 0.326 e. The summed E-state index contributed by atoms with van der Waals surface area (Å²) in [4.78, 5) is 92.5. The molecule has 0 radical (unpaired) electrons. The van der Waals surface area contributed by atoms with E-state index in [1.807, 2.05) is 5.32 Å². The molecule has 0 bridgehead atoms. The molecule has 4 unspecified atom stereocenters. The zero-order chi connectivity index (χ0) is 27.3. The van der Waals surface area contributed by atoms with Crippen LogP contribution in [0.15, 0.2) is 0 Å². The van der Waals surface area contributed by atoms with Crippen LogP contribution in [0.4, 0.5) is 0 Å². The largest absolute Gasteiger partial charge is 0.481 e. The van der Waals surface area contributed by atoms with Gasteiger partial charge in [-0.3, -0.25) is 33.6 Å². The van der Waals surface area contributed by atoms with Crippen molar-refractivity contribution in [1.29, 1.82) is 0 Å². The molecule has 0 saturated carbocycles. The molecule has 17 heteroatoms. The molecule has 0 rings (SSSR count). The van der Waals surface area contributed by atoms with E-state index in [0.29, 0.717) is 0 Å². The first-order valence-electron chi connectivity index (χ1n) is 10.0. The second-order valence-electron chi connectivity index (χ2n) is 7.33. The average Bonchev–Trinajstić information content (AvgIpc) is 2.71. The Morgan fingerprint density at radius 3 is 1.46 bits per heavy atom. The SMILES string of the molecule is NC(=O)CCC(NC(=O)C(N)CC(N)=O)C(=O)NC(CCC(=O)O)C(=O)NC(CC(=O)O)C(=O)O. The molecule has 0 aliphatic heterocycles. The minimum absolute atomic E-state index is 0.375. The third-order valence-corrected chi connectivity index (χ3v) is 4.34. The van der Waals surface area contributed by atoms with E-state index in [1.165, 1.54) is 0 Å². The number of hydrogen-bond acceptors (Lipinski definition) is 9. The van der Waals surface area contributed by atoms with Gasteiger partial charge in [0.05, 0.1) is 18.9 Å². The standard InChI is InChI=1S/C18H28N6O11/c19-7(5-12(21)26)15(31)22-8(1-3-11(20)25)16(32)23-9(2-4-13(27)28)17(33)24-10(18(34)35)6-14(29)30/h7-10H,1-6,19H2,(H2,20,25)(H2,21,26)(H,22,31)(H,23,32)(H,24,33)(H,27,28)(H,29,30)(H,34,35). The van der Waals surface area contributed by atoms with Crippen molar-refractivity contribution in [3.63, 3.8) is 0 Å². The van der Waals surface area contributed by atoms with Crippen LogP contribution in [0.1, 0.15) is 38.5 Å². The van der Waals surface area contributed by atoms with E-state index in [1.54, 1.807) is 0 Å². The lowest BCUT2D eigenvalue weighted by molar-refractivity contribution is -0.147. The maximum Gasteiger partial charge on any atom is 0.326 e. The number of carbonyl (C=O) groups excluding carboxylic acids is 5. The number of nitrogens with one attached hydrogen (secondary N) is 3. The number of primary amides is 2. The lowest BCUT2D eigenvalue weighted by atomic mass is 10.1. The summed E-state index contributed by atoms with van der Waals surface area (Å²) in [5.41, 5.74) is 15.5. The van der Waals surface area contributed by atoms with E-state index in [9.17, 15) is 38.4 Å². The predicted molar refractivity (Wildman–Crippen MR) is 113 cm³/mol. The first-order chi connectivity index (χ1) is 16.1. The highest BCUT2D eigenvalue weighted by Crippen LogP contribution is 2.05. The second-order valence-corrected chi connectivity index (χ2v) is 7.33. The van der Waals surface area contributed by atoms with Gasteiger partial charge in [-0.05, 0) is 12.8 Å². The van der Waals surface area contributed by atoms with Crippen molar-refractivity contribution in [2.24, 2.45) is 17.2 Å². The summed E-state index contributed by atoms with van der Waals surface area (Å²) in [6.07, 6.45) is -3.55. The van der Waals surface area contributed by atoms with E-state index < -0.39 is 104 Å². The molecule has 0 aromatic rings. The number of aliphatic carboxylic acids is 3. The number of nitrogens with two attached hydrogens (primary N) is 3. The van der Waals surface area contributed by atoms with Crippen LogP contribution in [-0.4, -0.2) is 86.9 Å². The minimum Gasteiger partial charge on any atom is -0.481 e. The van der Waals surface area contributed by atoms with Gasteiger partial charge in [-0.15, -0.1) is 0 Å². The molecule has 0 aromatic heterocycles. The first kappa shape index (κ1) is 30.7. The lowest BCUT2D eigenvalue weighted by Gasteiger charge is -2.24. The van der Waals surface area contributed by atoms with Gasteiger partial charge in [-0.25, -0.2) is 4.79 Å². The molecule has 35 heavy (non-hydrogen) atoms. The van der Waals surface area contributed by atoms with Crippen molar-refractivity contribution < 1.29 is 53.7 Å². The van der Waals surface area contributed by atoms with Crippen LogP contribution in [0.5, 0.6) is 0 Å². The predicted octanol–water partition coefficient (Wildman–Crippen LogP) is -4.67. The normalized spacial score (nSPS) is 13.9. The van der Waals surface area contributed by atoms with Gasteiger partial charge in [-0.2, -0.15) is 0 Å². The summed E-state index contributed by atoms with van der Waals surface area (Å²) >= 11 is 0. The molecule has 17 nitrogen and oxygen atoms in total. The van der Waals surface area contributed by atoms with Gasteiger partial charge in [0.1, 0.15) is 18.1 Å². The Morgan fingerprint density at radius 2 is 1.06 bits per heavy atom. The summed E-state index contributed by atoms with van der Waals surface area (Å²) in [7, 11) is 0. The monoisotopic (exact) mass is 504 g/mol. The van der Waals surface area contributed by atoms with E-state index in [2.05, 4.69) is 10.6 Å². The summed E-state index contributed by atoms with van der Waals surface area (Å²) in [6, 6.07) is -6.53. The Bertz CT molecular complexity index is 862. The quantitative estimate of drug-likeness (QED) is 0.0902. The van der Waals surface area contributed by atoms with Gasteiger partial charge < -0.3 is 48.5 Å². The highest BCUT2D eigenvalue weighted by Gasteiger charge is 2.31. The molecule has 12 N–H and O–H groups in total.